The molecular weight excluding hydrogens is 126 g/mol. The van der Waals surface area contributed by atoms with Crippen molar-refractivity contribution >= 4 is 0 Å². The van der Waals surface area contributed by atoms with Crippen LogP contribution in [0.5, 0.6) is 0 Å². The highest BCUT2D eigenvalue weighted by atomic mass is 16.5. The lowest BCUT2D eigenvalue weighted by Gasteiger charge is -2.30. The average Bonchev–Trinajstić information content (AvgIpc) is 1.95. The smallest absolute Gasteiger partial charge is 0.0533 e. The Kier molecular flexibility index (Phi) is 3.16. The van der Waals surface area contributed by atoms with E-state index in [1.165, 1.54) is 30.8 Å². The van der Waals surface area contributed by atoms with Crippen LogP contribution in [0.1, 0.15) is 12.8 Å². The minimum atomic E-state index is 0.801. The van der Waals surface area contributed by atoms with Gasteiger partial charge in [0.25, 0.3) is 0 Å². The molecule has 2 heteroatoms. The summed E-state index contributed by atoms with van der Waals surface area (Å²) in [5, 5.41) is 0. The van der Waals surface area contributed by atoms with Crippen molar-refractivity contribution in [1.82, 2.24) is 0 Å². The monoisotopic (exact) mass is 143 g/mol. The van der Waals surface area contributed by atoms with Gasteiger partial charge in [0, 0.05) is 13.7 Å². The summed E-state index contributed by atoms with van der Waals surface area (Å²) in [6, 6.07) is 0. The number of likely N-dealkylation sites (tertiary alicyclic amines) is 1. The highest BCUT2D eigenvalue weighted by Gasteiger charge is 2.15. The van der Waals surface area contributed by atoms with Crippen molar-refractivity contribution in [2.45, 2.75) is 12.8 Å². The molecule has 0 amide bonds. The van der Waals surface area contributed by atoms with Crippen LogP contribution in [0, 0.1) is 13.0 Å². The van der Waals surface area contributed by atoms with Crippen LogP contribution < -0.4 is 4.90 Å². The van der Waals surface area contributed by atoms with Gasteiger partial charge in [0.05, 0.1) is 13.1 Å². The van der Waals surface area contributed by atoms with E-state index in [0.717, 1.165) is 12.5 Å². The maximum Gasteiger partial charge on any atom is 0.0533 e. The van der Waals surface area contributed by atoms with Crippen molar-refractivity contribution < 1.29 is 9.64 Å². The number of ether oxygens (including phenoxy) is 1. The molecule has 0 bridgehead atoms. The van der Waals surface area contributed by atoms with Gasteiger partial charge in [-0.1, -0.05) is 0 Å². The van der Waals surface area contributed by atoms with Gasteiger partial charge in [-0.3, -0.25) is 0 Å². The van der Waals surface area contributed by atoms with Crippen molar-refractivity contribution in [3.8, 4) is 0 Å². The number of rotatable bonds is 2. The Hall–Kier alpha value is -0.0800. The number of piperidine rings is 1. The van der Waals surface area contributed by atoms with Gasteiger partial charge in [-0.05, 0) is 18.8 Å². The molecule has 60 valence electrons. The summed E-state index contributed by atoms with van der Waals surface area (Å²) in [7, 11) is 5.75. The van der Waals surface area contributed by atoms with Crippen LogP contribution in [0.25, 0.3) is 0 Å². The molecule has 1 rings (SSSR count). The van der Waals surface area contributed by atoms with Crippen molar-refractivity contribution in [2.24, 2.45) is 5.92 Å². The standard InChI is InChI=1S/C8H17NO/c1-9-5-3-8(4-6-9)7-10-2/h8-9H,1,3-7H2,2H3. The molecule has 0 radical (unpaired) electrons. The van der Waals surface area contributed by atoms with Crippen molar-refractivity contribution in [2.75, 3.05) is 26.8 Å². The van der Waals surface area contributed by atoms with E-state index in [1.54, 1.807) is 7.11 Å². The highest BCUT2D eigenvalue weighted by molar-refractivity contribution is 4.60. The van der Waals surface area contributed by atoms with E-state index in [2.05, 4.69) is 7.05 Å². The summed E-state index contributed by atoms with van der Waals surface area (Å²) in [5.41, 5.74) is 0. The van der Waals surface area contributed by atoms with Crippen LogP contribution in [0.3, 0.4) is 0 Å². The molecule has 1 aliphatic rings. The second kappa shape index (κ2) is 3.94. The second-order valence-electron chi connectivity index (χ2n) is 3.15. The minimum absolute atomic E-state index is 0.801. The first-order chi connectivity index (χ1) is 4.83. The zero-order valence-electron chi connectivity index (χ0n) is 6.73. The van der Waals surface area contributed by atoms with Gasteiger partial charge in [-0.25, -0.2) is 0 Å². The fourth-order valence-corrected chi connectivity index (χ4v) is 1.49. The Labute approximate surface area is 63.2 Å². The molecule has 1 aliphatic heterocycles. The Balaban J connectivity index is 2.13. The number of hydrogen-bond acceptors (Lipinski definition) is 1. The maximum atomic E-state index is 5.09. The van der Waals surface area contributed by atoms with E-state index in [-0.39, 0.29) is 0 Å². The molecule has 1 saturated heterocycles. The molecule has 1 N–H and O–H groups in total. The van der Waals surface area contributed by atoms with Crippen LogP contribution in [-0.4, -0.2) is 26.8 Å². The molecule has 0 aromatic carbocycles. The summed E-state index contributed by atoms with van der Waals surface area (Å²) in [5.74, 6) is 0.801. The quantitative estimate of drug-likeness (QED) is 0.525. The summed E-state index contributed by atoms with van der Waals surface area (Å²) in [6.07, 6.45) is 2.57. The summed E-state index contributed by atoms with van der Waals surface area (Å²) in [6.45, 7) is 3.37. The SMILES string of the molecule is [CH2-][NH+]1CCC(COC)CC1. The van der Waals surface area contributed by atoms with Gasteiger partial charge in [-0.2, -0.15) is 7.05 Å². The Morgan fingerprint density at radius 2 is 2.10 bits per heavy atom. The van der Waals surface area contributed by atoms with E-state index in [1.807, 2.05) is 0 Å². The lowest BCUT2D eigenvalue weighted by molar-refractivity contribution is -0.860. The molecule has 2 nitrogen and oxygen atoms in total. The lowest BCUT2D eigenvalue weighted by Crippen LogP contribution is -3.08. The Bertz CT molecular complexity index is 87.3. The van der Waals surface area contributed by atoms with E-state index in [0.29, 0.717) is 0 Å². The van der Waals surface area contributed by atoms with Crippen LogP contribution in [-0.2, 0) is 4.74 Å². The molecule has 0 aromatic heterocycles. The van der Waals surface area contributed by atoms with Crippen molar-refractivity contribution in [3.05, 3.63) is 7.05 Å². The predicted octanol–water partition coefficient (Wildman–Crippen LogP) is -0.281. The third kappa shape index (κ3) is 2.27. The van der Waals surface area contributed by atoms with E-state index in [4.69, 9.17) is 4.74 Å². The zero-order chi connectivity index (χ0) is 7.40. The first-order valence-electron chi connectivity index (χ1n) is 3.98. The molecule has 0 spiro atoms. The fourth-order valence-electron chi connectivity index (χ4n) is 1.49. The zero-order valence-corrected chi connectivity index (χ0v) is 6.73. The van der Waals surface area contributed by atoms with Crippen LogP contribution >= 0.6 is 0 Å². The van der Waals surface area contributed by atoms with Crippen molar-refractivity contribution in [3.63, 3.8) is 0 Å². The molecular formula is C8H17NO. The molecule has 10 heavy (non-hydrogen) atoms. The third-order valence-corrected chi connectivity index (χ3v) is 2.21. The first kappa shape index (κ1) is 8.02. The van der Waals surface area contributed by atoms with Crippen molar-refractivity contribution in [1.29, 1.82) is 0 Å². The third-order valence-electron chi connectivity index (χ3n) is 2.21. The number of methoxy groups -OCH3 is 1. The molecule has 0 unspecified atom stereocenters. The van der Waals surface area contributed by atoms with Gasteiger partial charge in [0.15, 0.2) is 0 Å². The predicted molar refractivity (Wildman–Crippen MR) is 40.7 cm³/mol. The molecule has 0 atom stereocenters. The molecule has 0 aliphatic carbocycles. The Morgan fingerprint density at radius 1 is 1.50 bits per heavy atom. The number of hydrogen-bond donors (Lipinski definition) is 1. The Morgan fingerprint density at radius 3 is 2.60 bits per heavy atom. The minimum Gasteiger partial charge on any atom is -0.468 e. The number of quaternary nitrogens is 1. The molecule has 0 aromatic rings. The normalized spacial score (nSPS) is 34.2. The summed E-state index contributed by atoms with van der Waals surface area (Å²) in [4.78, 5) is 1.42. The van der Waals surface area contributed by atoms with E-state index in [9.17, 15) is 0 Å². The van der Waals surface area contributed by atoms with Gasteiger partial charge in [0.2, 0.25) is 0 Å². The van der Waals surface area contributed by atoms with Crippen LogP contribution in [0.2, 0.25) is 0 Å². The van der Waals surface area contributed by atoms with Crippen LogP contribution in [0.15, 0.2) is 0 Å². The van der Waals surface area contributed by atoms with Gasteiger partial charge in [-0.15, -0.1) is 0 Å². The maximum absolute atomic E-state index is 5.09. The topological polar surface area (TPSA) is 13.7 Å². The largest absolute Gasteiger partial charge is 0.468 e. The van der Waals surface area contributed by atoms with E-state index < -0.39 is 0 Å². The molecule has 1 heterocycles. The average molecular weight is 143 g/mol. The number of nitrogens with one attached hydrogen (secondary N) is 1. The van der Waals surface area contributed by atoms with E-state index >= 15 is 0 Å². The first-order valence-corrected chi connectivity index (χ1v) is 3.98. The van der Waals surface area contributed by atoms with Gasteiger partial charge >= 0.3 is 0 Å². The summed E-state index contributed by atoms with van der Waals surface area (Å²) >= 11 is 0. The highest BCUT2D eigenvalue weighted by Crippen LogP contribution is 2.08. The summed E-state index contributed by atoms with van der Waals surface area (Å²) < 4.78 is 5.09. The van der Waals surface area contributed by atoms with Gasteiger partial charge in [0.1, 0.15) is 0 Å². The van der Waals surface area contributed by atoms with Crippen LogP contribution in [0.4, 0.5) is 0 Å². The molecule has 0 saturated carbocycles. The second-order valence-corrected chi connectivity index (χ2v) is 3.15. The fraction of sp³-hybridized carbons (Fsp3) is 0.875. The lowest BCUT2D eigenvalue weighted by atomic mass is 9.98. The van der Waals surface area contributed by atoms with Gasteiger partial charge < -0.3 is 9.64 Å². The molecule has 1 fully saturated rings.